The molecular formula is C18H20N2O2S. The molecule has 0 unspecified atom stereocenters. The van der Waals surface area contributed by atoms with Gasteiger partial charge in [0.1, 0.15) is 0 Å². The van der Waals surface area contributed by atoms with Gasteiger partial charge in [-0.1, -0.05) is 42.5 Å². The molecule has 2 saturated heterocycles. The quantitative estimate of drug-likeness (QED) is 0.941. The number of nitrogens with one attached hydrogen (secondary N) is 1. The number of fused-ring (bicyclic) bond motifs is 1. The van der Waals surface area contributed by atoms with Gasteiger partial charge in [-0.05, 0) is 42.1 Å². The highest BCUT2D eigenvalue weighted by molar-refractivity contribution is 7.89. The maximum Gasteiger partial charge on any atom is 0.243 e. The van der Waals surface area contributed by atoms with Crippen LogP contribution in [0.25, 0.3) is 11.1 Å². The monoisotopic (exact) mass is 328 g/mol. The van der Waals surface area contributed by atoms with Gasteiger partial charge in [-0.15, -0.1) is 0 Å². The smallest absolute Gasteiger partial charge is 0.243 e. The first-order valence-corrected chi connectivity index (χ1v) is 9.48. The van der Waals surface area contributed by atoms with Crippen LogP contribution in [0.3, 0.4) is 0 Å². The van der Waals surface area contributed by atoms with Crippen LogP contribution < -0.4 is 5.32 Å². The molecule has 0 aliphatic carbocycles. The van der Waals surface area contributed by atoms with Gasteiger partial charge in [0.15, 0.2) is 0 Å². The number of hydrogen-bond donors (Lipinski definition) is 1. The molecule has 0 radical (unpaired) electrons. The lowest BCUT2D eigenvalue weighted by atomic mass is 10.1. The fourth-order valence-electron chi connectivity index (χ4n) is 3.69. The molecule has 0 bridgehead atoms. The van der Waals surface area contributed by atoms with Crippen molar-refractivity contribution in [3.8, 4) is 11.1 Å². The minimum Gasteiger partial charge on any atom is -0.315 e. The molecule has 2 fully saturated rings. The summed E-state index contributed by atoms with van der Waals surface area (Å²) >= 11 is 0. The highest BCUT2D eigenvalue weighted by atomic mass is 32.2. The first kappa shape index (κ1) is 14.9. The Balaban J connectivity index is 1.62. The molecule has 0 spiro atoms. The van der Waals surface area contributed by atoms with Crippen LogP contribution in [0.2, 0.25) is 0 Å². The molecule has 1 N–H and O–H groups in total. The average molecular weight is 328 g/mol. The second-order valence-corrected chi connectivity index (χ2v) is 8.17. The summed E-state index contributed by atoms with van der Waals surface area (Å²) in [5.41, 5.74) is 2.13. The van der Waals surface area contributed by atoms with E-state index in [9.17, 15) is 8.42 Å². The molecule has 2 atom stereocenters. The molecule has 4 rings (SSSR count). The summed E-state index contributed by atoms with van der Waals surface area (Å²) < 4.78 is 27.5. The van der Waals surface area contributed by atoms with Crippen LogP contribution in [-0.2, 0) is 10.0 Å². The predicted octanol–water partition coefficient (Wildman–Crippen LogP) is 2.34. The van der Waals surface area contributed by atoms with Crippen LogP contribution in [0.4, 0.5) is 0 Å². The van der Waals surface area contributed by atoms with Crippen LogP contribution in [0, 0.1) is 5.92 Å². The number of nitrogens with zero attached hydrogens (tertiary/aromatic N) is 1. The molecule has 2 aliphatic heterocycles. The predicted molar refractivity (Wildman–Crippen MR) is 90.5 cm³/mol. The Labute approximate surface area is 137 Å². The fourth-order valence-corrected chi connectivity index (χ4v) is 5.39. The Bertz CT molecular complexity index is 788. The molecule has 2 aliphatic rings. The molecule has 0 aromatic heterocycles. The number of benzene rings is 2. The Morgan fingerprint density at radius 1 is 0.913 bits per heavy atom. The standard InChI is InChI=1S/C18H20N2O2S/c21-23(22,20-11-10-16-12-19-13-18(16)20)17-8-6-15(7-9-17)14-4-2-1-3-5-14/h1-9,16,18-19H,10-13H2/t16-,18+/m1/s1. The molecule has 2 aromatic carbocycles. The maximum absolute atomic E-state index is 12.9. The van der Waals surface area contributed by atoms with Gasteiger partial charge < -0.3 is 5.32 Å². The molecular weight excluding hydrogens is 308 g/mol. The van der Waals surface area contributed by atoms with Gasteiger partial charge in [0.25, 0.3) is 0 Å². The van der Waals surface area contributed by atoms with Crippen LogP contribution in [0.15, 0.2) is 59.5 Å². The third kappa shape index (κ3) is 2.59. The average Bonchev–Trinajstić information content (AvgIpc) is 3.19. The van der Waals surface area contributed by atoms with Crippen molar-refractivity contribution in [1.29, 1.82) is 0 Å². The number of hydrogen-bond acceptors (Lipinski definition) is 3. The SMILES string of the molecule is O=S(=O)(c1ccc(-c2ccccc2)cc1)N1CC[C@@H]2CNC[C@@H]21. The molecule has 0 saturated carbocycles. The van der Waals surface area contributed by atoms with Gasteiger partial charge in [-0.2, -0.15) is 4.31 Å². The van der Waals surface area contributed by atoms with Crippen molar-refractivity contribution in [1.82, 2.24) is 9.62 Å². The molecule has 4 nitrogen and oxygen atoms in total. The second-order valence-electron chi connectivity index (χ2n) is 6.28. The lowest BCUT2D eigenvalue weighted by Crippen LogP contribution is -2.38. The fraction of sp³-hybridized carbons (Fsp3) is 0.333. The highest BCUT2D eigenvalue weighted by Gasteiger charge is 2.43. The number of sulfonamides is 1. The molecule has 23 heavy (non-hydrogen) atoms. The lowest BCUT2D eigenvalue weighted by Gasteiger charge is -2.22. The second kappa shape index (κ2) is 5.74. The third-order valence-electron chi connectivity index (χ3n) is 4.96. The van der Waals surface area contributed by atoms with E-state index in [0.717, 1.165) is 30.6 Å². The Kier molecular flexibility index (Phi) is 3.71. The van der Waals surface area contributed by atoms with E-state index < -0.39 is 10.0 Å². The van der Waals surface area contributed by atoms with Crippen molar-refractivity contribution in [3.63, 3.8) is 0 Å². The maximum atomic E-state index is 12.9. The van der Waals surface area contributed by atoms with E-state index in [-0.39, 0.29) is 6.04 Å². The first-order valence-electron chi connectivity index (χ1n) is 8.04. The zero-order valence-corrected chi connectivity index (χ0v) is 13.7. The summed E-state index contributed by atoms with van der Waals surface area (Å²) in [6.07, 6.45) is 0.957. The Morgan fingerprint density at radius 2 is 1.61 bits per heavy atom. The van der Waals surface area contributed by atoms with E-state index >= 15 is 0 Å². The molecule has 5 heteroatoms. The minimum atomic E-state index is -3.40. The zero-order chi connectivity index (χ0) is 15.9. The van der Waals surface area contributed by atoms with Crippen LogP contribution >= 0.6 is 0 Å². The number of rotatable bonds is 3. The minimum absolute atomic E-state index is 0.119. The highest BCUT2D eigenvalue weighted by Crippen LogP contribution is 2.32. The van der Waals surface area contributed by atoms with Crippen molar-refractivity contribution in [2.75, 3.05) is 19.6 Å². The van der Waals surface area contributed by atoms with Gasteiger partial charge in [0, 0.05) is 19.1 Å². The largest absolute Gasteiger partial charge is 0.315 e. The molecule has 120 valence electrons. The van der Waals surface area contributed by atoms with Crippen molar-refractivity contribution < 1.29 is 8.42 Å². The van der Waals surface area contributed by atoms with E-state index in [1.165, 1.54) is 0 Å². The van der Waals surface area contributed by atoms with E-state index in [2.05, 4.69) is 5.32 Å². The zero-order valence-electron chi connectivity index (χ0n) is 12.9. The van der Waals surface area contributed by atoms with Crippen LogP contribution in [0.5, 0.6) is 0 Å². The van der Waals surface area contributed by atoms with Crippen molar-refractivity contribution >= 4 is 10.0 Å². The van der Waals surface area contributed by atoms with Crippen molar-refractivity contribution in [2.45, 2.75) is 17.4 Å². The third-order valence-corrected chi connectivity index (χ3v) is 6.90. The van der Waals surface area contributed by atoms with Gasteiger partial charge in [0.05, 0.1) is 4.90 Å². The van der Waals surface area contributed by atoms with Crippen LogP contribution in [-0.4, -0.2) is 38.4 Å². The molecule has 0 amide bonds. The summed E-state index contributed by atoms with van der Waals surface area (Å²) in [6.45, 7) is 2.34. The summed E-state index contributed by atoms with van der Waals surface area (Å²) in [5.74, 6) is 0.466. The summed E-state index contributed by atoms with van der Waals surface area (Å²) in [6, 6.07) is 17.4. The van der Waals surface area contributed by atoms with E-state index in [1.807, 2.05) is 42.5 Å². The van der Waals surface area contributed by atoms with Gasteiger partial charge in [-0.3, -0.25) is 0 Å². The van der Waals surface area contributed by atoms with E-state index in [0.29, 0.717) is 17.4 Å². The van der Waals surface area contributed by atoms with Crippen molar-refractivity contribution in [3.05, 3.63) is 54.6 Å². The molecule has 2 heterocycles. The topological polar surface area (TPSA) is 49.4 Å². The van der Waals surface area contributed by atoms with Crippen molar-refractivity contribution in [2.24, 2.45) is 5.92 Å². The summed E-state index contributed by atoms with van der Waals surface area (Å²) in [7, 11) is -3.40. The van der Waals surface area contributed by atoms with Crippen LogP contribution in [0.1, 0.15) is 6.42 Å². The lowest BCUT2D eigenvalue weighted by molar-refractivity contribution is 0.383. The Morgan fingerprint density at radius 3 is 2.35 bits per heavy atom. The molecule has 2 aromatic rings. The normalized spacial score (nSPS) is 24.7. The van der Waals surface area contributed by atoms with E-state index in [4.69, 9.17) is 0 Å². The van der Waals surface area contributed by atoms with E-state index in [1.54, 1.807) is 16.4 Å². The van der Waals surface area contributed by atoms with Gasteiger partial charge in [0.2, 0.25) is 10.0 Å². The summed E-state index contributed by atoms with van der Waals surface area (Å²) in [5, 5.41) is 3.30. The first-order chi connectivity index (χ1) is 11.2. The summed E-state index contributed by atoms with van der Waals surface area (Å²) in [4.78, 5) is 0.393. The Hall–Kier alpha value is -1.69. The van der Waals surface area contributed by atoms with Gasteiger partial charge >= 0.3 is 0 Å². The van der Waals surface area contributed by atoms with Gasteiger partial charge in [-0.25, -0.2) is 8.42 Å².